The Bertz CT molecular complexity index is 1090. The van der Waals surface area contributed by atoms with Gasteiger partial charge in [0, 0.05) is 23.7 Å². The van der Waals surface area contributed by atoms with Crippen LogP contribution in [0.3, 0.4) is 0 Å². The van der Waals surface area contributed by atoms with Crippen LogP contribution in [0.2, 0.25) is 0 Å². The number of amides is 1. The molecule has 176 valence electrons. The van der Waals surface area contributed by atoms with Gasteiger partial charge in [-0.3, -0.25) is 4.79 Å². The molecule has 2 aliphatic rings. The van der Waals surface area contributed by atoms with Crippen LogP contribution in [-0.4, -0.2) is 22.7 Å². The molecule has 1 atom stereocenters. The highest BCUT2D eigenvalue weighted by Gasteiger charge is 2.38. The molecule has 7 heteroatoms. The van der Waals surface area contributed by atoms with Crippen molar-refractivity contribution < 1.29 is 27.8 Å². The molecule has 2 aromatic rings. The summed E-state index contributed by atoms with van der Waals surface area (Å²) < 4.78 is 45.8. The van der Waals surface area contributed by atoms with Gasteiger partial charge in [0.1, 0.15) is 11.4 Å². The fourth-order valence-corrected chi connectivity index (χ4v) is 4.69. The Morgan fingerprint density at radius 3 is 2.64 bits per heavy atom. The first kappa shape index (κ1) is 23.4. The number of halogens is 3. The largest absolute Gasteiger partial charge is 0.486 e. The van der Waals surface area contributed by atoms with Gasteiger partial charge in [0.15, 0.2) is 0 Å². The zero-order chi connectivity index (χ0) is 23.8. The van der Waals surface area contributed by atoms with Crippen LogP contribution in [0, 0.1) is 0 Å². The smallest absolute Gasteiger partial charge is 0.416 e. The lowest BCUT2D eigenvalue weighted by atomic mass is 9.82. The van der Waals surface area contributed by atoms with E-state index in [2.05, 4.69) is 5.32 Å². The predicted octanol–water partition coefficient (Wildman–Crippen LogP) is 5.92. The normalized spacial score (nSPS) is 20.5. The number of fused-ring (bicyclic) bond motifs is 2. The monoisotopic (exact) mass is 459 g/mol. The molecule has 0 spiro atoms. The van der Waals surface area contributed by atoms with E-state index in [0.717, 1.165) is 30.5 Å². The average Bonchev–Trinajstić information content (AvgIpc) is 2.77. The Labute approximate surface area is 191 Å². The summed E-state index contributed by atoms with van der Waals surface area (Å²) in [6.07, 6.45) is 0.352. The van der Waals surface area contributed by atoms with Crippen molar-refractivity contribution in [1.82, 2.24) is 0 Å². The summed E-state index contributed by atoms with van der Waals surface area (Å²) in [5.74, 6) is -0.197. The number of aliphatic hydroxyl groups is 1. The quantitative estimate of drug-likeness (QED) is 0.558. The fourth-order valence-electron chi connectivity index (χ4n) is 4.69. The zero-order valence-electron chi connectivity index (χ0n) is 18.8. The molecule has 0 unspecified atom stereocenters. The standard InChI is InChI=1S/C26H28F3NO3/c1-3-25(4-2)15-18(22-10-7-19(26(27,28)29)14-23(22)33-25)13-24(32)30-20-8-5-16-6-9-21(31)12-17(16)11-20/h5,7-8,10-11,13-14,21,31H,3-4,6,9,12,15H2,1-2H3,(H,30,32)/b18-13+/t21-/m1/s1. The van der Waals surface area contributed by atoms with E-state index in [-0.39, 0.29) is 17.8 Å². The van der Waals surface area contributed by atoms with Crippen molar-refractivity contribution in [3.63, 3.8) is 0 Å². The third kappa shape index (κ3) is 4.93. The van der Waals surface area contributed by atoms with Crippen LogP contribution in [0.15, 0.2) is 42.5 Å². The minimum absolute atomic E-state index is 0.154. The Balaban J connectivity index is 1.64. The maximum atomic E-state index is 13.3. The van der Waals surface area contributed by atoms with Crippen LogP contribution in [0.1, 0.15) is 61.8 Å². The first-order chi connectivity index (χ1) is 15.6. The van der Waals surface area contributed by atoms with Crippen LogP contribution in [0.25, 0.3) is 5.57 Å². The molecule has 4 rings (SSSR count). The SMILES string of the molecule is CCC1(CC)C/C(=C\C(=O)Nc2ccc3c(c2)C[C@H](O)CC3)c2ccc(C(F)(F)F)cc2O1. The number of hydrogen-bond donors (Lipinski definition) is 2. The minimum Gasteiger partial charge on any atom is -0.486 e. The summed E-state index contributed by atoms with van der Waals surface area (Å²) in [4.78, 5) is 12.9. The molecule has 0 radical (unpaired) electrons. The van der Waals surface area contributed by atoms with Crippen molar-refractivity contribution in [2.75, 3.05) is 5.32 Å². The average molecular weight is 460 g/mol. The topological polar surface area (TPSA) is 58.6 Å². The van der Waals surface area contributed by atoms with Gasteiger partial charge in [-0.15, -0.1) is 0 Å². The third-order valence-electron chi connectivity index (χ3n) is 6.76. The van der Waals surface area contributed by atoms with E-state index in [4.69, 9.17) is 4.74 Å². The number of alkyl halides is 3. The first-order valence-corrected chi connectivity index (χ1v) is 11.3. The third-order valence-corrected chi connectivity index (χ3v) is 6.76. The summed E-state index contributed by atoms with van der Waals surface area (Å²) in [7, 11) is 0. The Morgan fingerprint density at radius 1 is 1.18 bits per heavy atom. The number of anilines is 1. The molecule has 0 saturated carbocycles. The number of nitrogens with one attached hydrogen (secondary N) is 1. The van der Waals surface area contributed by atoms with Crippen molar-refractivity contribution in [2.45, 2.75) is 70.3 Å². The van der Waals surface area contributed by atoms with Crippen molar-refractivity contribution >= 4 is 17.2 Å². The number of carbonyl (C=O) groups is 1. The Kier molecular flexibility index (Phi) is 6.27. The molecule has 2 aromatic carbocycles. The summed E-state index contributed by atoms with van der Waals surface area (Å²) >= 11 is 0. The molecule has 0 aromatic heterocycles. The van der Waals surface area contributed by atoms with Crippen molar-refractivity contribution in [1.29, 1.82) is 0 Å². The van der Waals surface area contributed by atoms with Gasteiger partial charge in [-0.05, 0) is 73.1 Å². The second kappa shape index (κ2) is 8.86. The van der Waals surface area contributed by atoms with Crippen LogP contribution < -0.4 is 10.1 Å². The summed E-state index contributed by atoms with van der Waals surface area (Å²) in [5.41, 5.74) is 2.54. The van der Waals surface area contributed by atoms with Gasteiger partial charge in [0.2, 0.25) is 5.91 Å². The lowest BCUT2D eigenvalue weighted by Gasteiger charge is -2.39. The number of hydrogen-bond acceptors (Lipinski definition) is 3. The molecule has 0 saturated heterocycles. The van der Waals surface area contributed by atoms with E-state index in [1.165, 1.54) is 17.7 Å². The molecule has 1 aliphatic carbocycles. The predicted molar refractivity (Wildman–Crippen MR) is 121 cm³/mol. The molecule has 2 N–H and O–H groups in total. The van der Waals surface area contributed by atoms with Crippen LogP contribution in [0.5, 0.6) is 5.75 Å². The summed E-state index contributed by atoms with van der Waals surface area (Å²) in [6, 6.07) is 9.11. The number of carbonyl (C=O) groups excluding carboxylic acids is 1. The number of rotatable bonds is 4. The Hall–Kier alpha value is -2.80. The van der Waals surface area contributed by atoms with Crippen LogP contribution in [0.4, 0.5) is 18.9 Å². The lowest BCUT2D eigenvalue weighted by Crippen LogP contribution is -2.38. The van der Waals surface area contributed by atoms with Crippen LogP contribution >= 0.6 is 0 Å². The maximum absolute atomic E-state index is 13.3. The number of benzene rings is 2. The van der Waals surface area contributed by atoms with E-state index >= 15 is 0 Å². The number of aryl methyl sites for hydroxylation is 1. The number of ether oxygens (including phenoxy) is 1. The van der Waals surface area contributed by atoms with Crippen LogP contribution in [-0.2, 0) is 23.8 Å². The van der Waals surface area contributed by atoms with Gasteiger partial charge in [-0.2, -0.15) is 13.2 Å². The van der Waals surface area contributed by atoms with E-state index in [1.54, 1.807) is 0 Å². The highest BCUT2D eigenvalue weighted by atomic mass is 19.4. The summed E-state index contributed by atoms with van der Waals surface area (Å²) in [6.45, 7) is 3.86. The first-order valence-electron chi connectivity index (χ1n) is 11.3. The minimum atomic E-state index is -4.47. The Morgan fingerprint density at radius 2 is 1.94 bits per heavy atom. The lowest BCUT2D eigenvalue weighted by molar-refractivity contribution is -0.137. The van der Waals surface area contributed by atoms with Gasteiger partial charge in [-0.1, -0.05) is 26.0 Å². The van der Waals surface area contributed by atoms with E-state index in [0.29, 0.717) is 42.5 Å². The fraction of sp³-hybridized carbons (Fsp3) is 0.423. The van der Waals surface area contributed by atoms with Gasteiger partial charge < -0.3 is 15.2 Å². The van der Waals surface area contributed by atoms with Gasteiger partial charge >= 0.3 is 6.18 Å². The van der Waals surface area contributed by atoms with Crippen molar-refractivity contribution in [3.05, 3.63) is 64.7 Å². The molecule has 4 nitrogen and oxygen atoms in total. The zero-order valence-corrected chi connectivity index (χ0v) is 18.8. The maximum Gasteiger partial charge on any atom is 0.416 e. The van der Waals surface area contributed by atoms with Crippen molar-refractivity contribution in [3.8, 4) is 5.75 Å². The highest BCUT2D eigenvalue weighted by molar-refractivity contribution is 6.04. The molecular weight excluding hydrogens is 431 g/mol. The second-order valence-corrected chi connectivity index (χ2v) is 8.92. The molecule has 0 fully saturated rings. The van der Waals surface area contributed by atoms with Gasteiger partial charge in [0.05, 0.1) is 11.7 Å². The molecule has 1 heterocycles. The summed E-state index contributed by atoms with van der Waals surface area (Å²) in [5, 5.41) is 12.8. The van der Waals surface area contributed by atoms with Crippen molar-refractivity contribution in [2.24, 2.45) is 0 Å². The van der Waals surface area contributed by atoms with Gasteiger partial charge in [-0.25, -0.2) is 0 Å². The number of aliphatic hydroxyl groups excluding tert-OH is 1. The molecule has 1 aliphatic heterocycles. The second-order valence-electron chi connectivity index (χ2n) is 8.92. The van der Waals surface area contributed by atoms with E-state index < -0.39 is 17.3 Å². The van der Waals surface area contributed by atoms with Gasteiger partial charge in [0.25, 0.3) is 0 Å². The molecule has 0 bridgehead atoms. The molecular formula is C26H28F3NO3. The highest BCUT2D eigenvalue weighted by Crippen LogP contribution is 2.45. The molecule has 33 heavy (non-hydrogen) atoms. The molecule has 1 amide bonds. The van der Waals surface area contributed by atoms with E-state index in [9.17, 15) is 23.1 Å². The van der Waals surface area contributed by atoms with E-state index in [1.807, 2.05) is 32.0 Å².